The zero-order valence-corrected chi connectivity index (χ0v) is 19.0. The predicted octanol–water partition coefficient (Wildman–Crippen LogP) is 6.40. The summed E-state index contributed by atoms with van der Waals surface area (Å²) in [4.78, 5) is 28.7. The van der Waals surface area contributed by atoms with Crippen LogP contribution in [0, 0.1) is 12.7 Å². The molecule has 0 bridgehead atoms. The van der Waals surface area contributed by atoms with Crippen LogP contribution < -0.4 is 10.1 Å². The van der Waals surface area contributed by atoms with E-state index in [1.54, 1.807) is 6.92 Å². The molecule has 1 heterocycles. The summed E-state index contributed by atoms with van der Waals surface area (Å²) >= 11 is 0. The van der Waals surface area contributed by atoms with Crippen molar-refractivity contribution in [2.45, 2.75) is 38.0 Å². The number of halogens is 6. The third-order valence-corrected chi connectivity index (χ3v) is 6.00. The van der Waals surface area contributed by atoms with E-state index in [4.69, 9.17) is 0 Å². The van der Waals surface area contributed by atoms with Gasteiger partial charge >= 0.3 is 12.3 Å². The highest BCUT2D eigenvalue weighted by Gasteiger charge is 2.53. The van der Waals surface area contributed by atoms with E-state index in [-0.39, 0.29) is 40.8 Å². The van der Waals surface area contributed by atoms with Crippen LogP contribution in [-0.2, 0) is 10.2 Å². The maximum atomic E-state index is 14.7. The lowest BCUT2D eigenvalue weighted by molar-refractivity contribution is -0.274. The van der Waals surface area contributed by atoms with Gasteiger partial charge in [0.15, 0.2) is 0 Å². The maximum absolute atomic E-state index is 14.7. The number of hydrogen-bond acceptors (Lipinski definition) is 4. The number of aromatic carboxylic acids is 1. The minimum Gasteiger partial charge on any atom is -0.478 e. The van der Waals surface area contributed by atoms with Gasteiger partial charge in [0.05, 0.1) is 11.0 Å². The summed E-state index contributed by atoms with van der Waals surface area (Å²) in [7, 11) is 0. The van der Waals surface area contributed by atoms with Crippen LogP contribution in [0.15, 0.2) is 48.7 Å². The first-order chi connectivity index (χ1) is 17.3. The van der Waals surface area contributed by atoms with Crippen molar-refractivity contribution in [3.63, 3.8) is 0 Å². The topological polar surface area (TPSA) is 88.5 Å². The Morgan fingerprint density at radius 3 is 2.32 bits per heavy atom. The van der Waals surface area contributed by atoms with Crippen LogP contribution in [-0.4, -0.2) is 28.3 Å². The number of aromatic nitrogens is 1. The van der Waals surface area contributed by atoms with E-state index in [2.05, 4.69) is 15.0 Å². The molecule has 0 spiro atoms. The number of carboxylic acid groups (broad SMARTS) is 1. The number of nitrogens with zero attached hydrogens (tertiary/aromatic N) is 1. The molecule has 2 aromatic carbocycles. The smallest absolute Gasteiger partial charge is 0.478 e. The molecule has 0 unspecified atom stereocenters. The first-order valence-corrected chi connectivity index (χ1v) is 10.8. The second kappa shape index (κ2) is 9.41. The molecule has 0 aliphatic heterocycles. The third kappa shape index (κ3) is 5.37. The first kappa shape index (κ1) is 26.0. The van der Waals surface area contributed by atoms with Crippen LogP contribution in [0.2, 0.25) is 0 Å². The van der Waals surface area contributed by atoms with Gasteiger partial charge in [-0.05, 0) is 49.6 Å². The molecule has 12 heteroatoms. The van der Waals surface area contributed by atoms with Crippen molar-refractivity contribution < 1.29 is 45.8 Å². The number of rotatable bonds is 7. The summed E-state index contributed by atoms with van der Waals surface area (Å²) in [6, 6.07) is 7.55. The van der Waals surface area contributed by atoms with Gasteiger partial charge < -0.3 is 15.2 Å². The Kier molecular flexibility index (Phi) is 6.61. The molecule has 1 saturated carbocycles. The van der Waals surface area contributed by atoms with E-state index >= 15 is 0 Å². The molecule has 1 amide bonds. The van der Waals surface area contributed by atoms with E-state index in [0.29, 0.717) is 11.6 Å². The summed E-state index contributed by atoms with van der Waals surface area (Å²) in [5.74, 6) is -3.83. The number of aryl methyl sites for hydroxylation is 1. The van der Waals surface area contributed by atoms with E-state index in [1.165, 1.54) is 18.2 Å². The molecule has 4 rings (SSSR count). The number of benzene rings is 2. The number of alkyl halides is 5. The summed E-state index contributed by atoms with van der Waals surface area (Å²) in [6.07, 6.45) is -6.22. The van der Waals surface area contributed by atoms with Gasteiger partial charge in [-0.1, -0.05) is 12.1 Å². The Bertz CT molecular complexity index is 1370. The maximum Gasteiger partial charge on any atom is 0.573 e. The van der Waals surface area contributed by atoms with Crippen molar-refractivity contribution in [1.29, 1.82) is 0 Å². The highest BCUT2D eigenvalue weighted by atomic mass is 19.4. The van der Waals surface area contributed by atoms with Crippen molar-refractivity contribution in [2.75, 3.05) is 5.32 Å². The fourth-order valence-electron chi connectivity index (χ4n) is 4.17. The second-order valence-electron chi connectivity index (χ2n) is 8.52. The van der Waals surface area contributed by atoms with Gasteiger partial charge in [0.1, 0.15) is 17.3 Å². The van der Waals surface area contributed by atoms with Crippen LogP contribution >= 0.6 is 0 Å². The minimum absolute atomic E-state index is 0.0875. The standard InChI is InChI=1S/C25H18F6N2O4/c1-12-8-14(9-16(22(34)35)20(12)13-2-5-19(21(27)28)32-11-13)33-23(36)24(6-7-24)17-4-3-15(10-18(17)26)37-25(29,30)31/h2-5,8-11,21H,6-7H2,1H3,(H,33,36)(H,34,35). The van der Waals surface area contributed by atoms with Gasteiger partial charge in [-0.3, -0.25) is 9.78 Å². The molecule has 37 heavy (non-hydrogen) atoms. The fraction of sp³-hybridized carbons (Fsp3) is 0.240. The van der Waals surface area contributed by atoms with Crippen LogP contribution in [0.25, 0.3) is 11.1 Å². The molecule has 1 aliphatic rings. The van der Waals surface area contributed by atoms with E-state index in [9.17, 15) is 41.0 Å². The number of hydrogen-bond donors (Lipinski definition) is 2. The van der Waals surface area contributed by atoms with Gasteiger partial charge in [0, 0.05) is 34.6 Å². The molecule has 194 valence electrons. The number of nitrogens with one attached hydrogen (secondary N) is 1. The fourth-order valence-corrected chi connectivity index (χ4v) is 4.17. The number of carbonyl (C=O) groups is 2. The minimum atomic E-state index is -5.00. The molecule has 3 aromatic rings. The lowest BCUT2D eigenvalue weighted by atomic mass is 9.93. The molecule has 1 fully saturated rings. The monoisotopic (exact) mass is 524 g/mol. The third-order valence-electron chi connectivity index (χ3n) is 6.00. The van der Waals surface area contributed by atoms with Crippen LogP contribution in [0.3, 0.4) is 0 Å². The first-order valence-electron chi connectivity index (χ1n) is 10.8. The van der Waals surface area contributed by atoms with Crippen molar-refractivity contribution in [1.82, 2.24) is 4.98 Å². The Balaban J connectivity index is 1.62. The molecule has 1 aliphatic carbocycles. The Hall–Kier alpha value is -4.09. The second-order valence-corrected chi connectivity index (χ2v) is 8.52. The van der Waals surface area contributed by atoms with Gasteiger partial charge in [-0.25, -0.2) is 18.0 Å². The van der Waals surface area contributed by atoms with E-state index in [1.807, 2.05) is 0 Å². The molecule has 1 aromatic heterocycles. The SMILES string of the molecule is Cc1cc(NC(=O)C2(c3ccc(OC(F)(F)F)cc3F)CC2)cc(C(=O)O)c1-c1ccc(C(F)F)nc1. The molecule has 2 N–H and O–H groups in total. The molecular formula is C25H18F6N2O4. The normalized spacial score (nSPS) is 14.4. The molecule has 0 atom stereocenters. The van der Waals surface area contributed by atoms with E-state index in [0.717, 1.165) is 24.4 Å². The summed E-state index contributed by atoms with van der Waals surface area (Å²) < 4.78 is 81.3. The zero-order chi connectivity index (χ0) is 27.1. The average Bonchev–Trinajstić information content (AvgIpc) is 3.59. The van der Waals surface area contributed by atoms with Crippen LogP contribution in [0.5, 0.6) is 5.75 Å². The summed E-state index contributed by atoms with van der Waals surface area (Å²) in [6.45, 7) is 1.56. The average molecular weight is 524 g/mol. The van der Waals surface area contributed by atoms with Gasteiger partial charge in [-0.2, -0.15) is 0 Å². The van der Waals surface area contributed by atoms with Crippen molar-refractivity contribution in [2.24, 2.45) is 0 Å². The largest absolute Gasteiger partial charge is 0.573 e. The van der Waals surface area contributed by atoms with Crippen LogP contribution in [0.4, 0.5) is 32.0 Å². The number of ether oxygens (including phenoxy) is 1. The highest BCUT2D eigenvalue weighted by molar-refractivity contribution is 6.04. The number of amides is 1. The zero-order valence-electron chi connectivity index (χ0n) is 19.0. The van der Waals surface area contributed by atoms with Crippen molar-refractivity contribution in [3.05, 3.63) is 76.9 Å². The lowest BCUT2D eigenvalue weighted by Crippen LogP contribution is -2.29. The number of carbonyl (C=O) groups excluding carboxylic acids is 1. The highest BCUT2D eigenvalue weighted by Crippen LogP contribution is 2.50. The van der Waals surface area contributed by atoms with Crippen molar-refractivity contribution in [3.8, 4) is 16.9 Å². The molecule has 0 radical (unpaired) electrons. The number of anilines is 1. The Labute approximate surface area is 205 Å². The van der Waals surface area contributed by atoms with Gasteiger partial charge in [0.2, 0.25) is 5.91 Å². The quantitative estimate of drug-likeness (QED) is 0.349. The lowest BCUT2D eigenvalue weighted by Gasteiger charge is -2.19. The number of carboxylic acids is 1. The molecular weight excluding hydrogens is 506 g/mol. The Morgan fingerprint density at radius 2 is 1.81 bits per heavy atom. The van der Waals surface area contributed by atoms with Crippen LogP contribution in [0.1, 0.15) is 46.4 Å². The molecule has 0 saturated heterocycles. The summed E-state index contributed by atoms with van der Waals surface area (Å²) in [5.41, 5.74) is -1.18. The Morgan fingerprint density at radius 1 is 1.11 bits per heavy atom. The molecule has 6 nitrogen and oxygen atoms in total. The van der Waals surface area contributed by atoms with Gasteiger partial charge in [-0.15, -0.1) is 13.2 Å². The predicted molar refractivity (Wildman–Crippen MR) is 119 cm³/mol. The number of pyridine rings is 1. The summed E-state index contributed by atoms with van der Waals surface area (Å²) in [5, 5.41) is 12.3. The van der Waals surface area contributed by atoms with E-state index < -0.39 is 47.3 Å². The van der Waals surface area contributed by atoms with Gasteiger partial charge in [0.25, 0.3) is 6.43 Å². The van der Waals surface area contributed by atoms with Crippen molar-refractivity contribution >= 4 is 17.6 Å².